The number of benzene rings is 1. The average molecular weight is 340 g/mol. The first kappa shape index (κ1) is 17.9. The number of nitrogens with zero attached hydrogens (tertiary/aromatic N) is 1. The Hall–Kier alpha value is -1.44. The Labute approximate surface area is 137 Å². The van der Waals surface area contributed by atoms with E-state index in [-0.39, 0.29) is 16.8 Å². The molecular weight excluding hydrogens is 316 g/mol. The highest BCUT2D eigenvalue weighted by molar-refractivity contribution is 7.89. The van der Waals surface area contributed by atoms with Crippen molar-refractivity contribution in [3.63, 3.8) is 0 Å². The predicted octanol–water partition coefficient (Wildman–Crippen LogP) is 2.18. The molecule has 0 aromatic heterocycles. The van der Waals surface area contributed by atoms with Crippen molar-refractivity contribution in [2.45, 2.75) is 43.5 Å². The number of hydroxylamine groups is 1. The minimum Gasteiger partial charge on any atom is -0.349 e. The van der Waals surface area contributed by atoms with E-state index in [4.69, 9.17) is 4.84 Å². The molecule has 0 unspecified atom stereocenters. The van der Waals surface area contributed by atoms with Gasteiger partial charge in [0.25, 0.3) is 15.9 Å². The van der Waals surface area contributed by atoms with Crippen LogP contribution in [0.1, 0.15) is 43.0 Å². The van der Waals surface area contributed by atoms with E-state index < -0.39 is 10.0 Å². The molecule has 1 amide bonds. The van der Waals surface area contributed by atoms with Crippen LogP contribution in [0.15, 0.2) is 29.2 Å². The van der Waals surface area contributed by atoms with Crippen LogP contribution in [-0.2, 0) is 14.9 Å². The molecule has 0 bridgehead atoms. The fourth-order valence-electron chi connectivity index (χ4n) is 2.83. The maximum atomic E-state index is 12.4. The molecule has 1 aromatic carbocycles. The minimum absolute atomic E-state index is 0.0335. The molecule has 1 fully saturated rings. The molecule has 2 rings (SSSR count). The molecule has 128 valence electrons. The van der Waals surface area contributed by atoms with Gasteiger partial charge in [-0.1, -0.05) is 30.3 Å². The molecule has 6 nitrogen and oxygen atoms in total. The van der Waals surface area contributed by atoms with Crippen LogP contribution < -0.4 is 5.32 Å². The zero-order valence-corrected chi connectivity index (χ0v) is 14.6. The molecule has 0 saturated heterocycles. The summed E-state index contributed by atoms with van der Waals surface area (Å²) in [5.41, 5.74) is 0.341. The van der Waals surface area contributed by atoms with Gasteiger partial charge in [0, 0.05) is 18.7 Å². The van der Waals surface area contributed by atoms with Crippen LogP contribution in [0.3, 0.4) is 0 Å². The summed E-state index contributed by atoms with van der Waals surface area (Å²) in [7, 11) is -1.17. The second kappa shape index (κ2) is 7.42. The lowest BCUT2D eigenvalue weighted by Crippen LogP contribution is -2.41. The van der Waals surface area contributed by atoms with E-state index in [1.165, 1.54) is 32.7 Å². The Kier molecular flexibility index (Phi) is 5.78. The summed E-state index contributed by atoms with van der Waals surface area (Å²) in [6, 6.07) is 6.17. The van der Waals surface area contributed by atoms with Gasteiger partial charge in [-0.2, -0.15) is 0 Å². The van der Waals surface area contributed by atoms with Crippen molar-refractivity contribution >= 4 is 15.9 Å². The third-order valence-corrected chi connectivity index (χ3v) is 6.09. The van der Waals surface area contributed by atoms with Crippen LogP contribution in [0, 0.1) is 5.92 Å². The number of amides is 1. The van der Waals surface area contributed by atoms with Crippen LogP contribution in [-0.4, -0.2) is 39.0 Å². The highest BCUT2D eigenvalue weighted by Crippen LogP contribution is 2.24. The zero-order chi connectivity index (χ0) is 17.0. The summed E-state index contributed by atoms with van der Waals surface area (Å²) >= 11 is 0. The van der Waals surface area contributed by atoms with Gasteiger partial charge in [-0.3, -0.25) is 9.63 Å². The first-order valence-corrected chi connectivity index (χ1v) is 9.24. The third-order valence-electron chi connectivity index (χ3n) is 4.42. The van der Waals surface area contributed by atoms with Gasteiger partial charge in [-0.15, -0.1) is 0 Å². The fourth-order valence-corrected chi connectivity index (χ4v) is 3.85. The van der Waals surface area contributed by atoms with Crippen molar-refractivity contribution in [2.75, 3.05) is 14.2 Å². The molecular formula is C16H24N2O4S. The van der Waals surface area contributed by atoms with Gasteiger partial charge in [-0.05, 0) is 37.0 Å². The molecule has 0 spiro atoms. The summed E-state index contributed by atoms with van der Waals surface area (Å²) < 4.78 is 25.3. The molecule has 1 aromatic rings. The van der Waals surface area contributed by atoms with E-state index in [0.29, 0.717) is 11.5 Å². The lowest BCUT2D eigenvalue weighted by Gasteiger charge is -2.29. The smallest absolute Gasteiger partial charge is 0.264 e. The Balaban J connectivity index is 2.17. The number of carbonyl (C=O) groups is 1. The Morgan fingerprint density at radius 1 is 1.30 bits per heavy atom. The van der Waals surface area contributed by atoms with Crippen molar-refractivity contribution in [3.8, 4) is 0 Å². The van der Waals surface area contributed by atoms with E-state index in [1.54, 1.807) is 12.1 Å². The van der Waals surface area contributed by atoms with E-state index >= 15 is 0 Å². The Bertz CT molecular complexity index is 660. The van der Waals surface area contributed by atoms with Gasteiger partial charge in [0.2, 0.25) is 0 Å². The second-order valence-corrected chi connectivity index (χ2v) is 7.90. The lowest BCUT2D eigenvalue weighted by atomic mass is 9.86. The summed E-state index contributed by atoms with van der Waals surface area (Å²) in [4.78, 5) is 17.2. The molecule has 1 aliphatic rings. The van der Waals surface area contributed by atoms with Gasteiger partial charge in [0.15, 0.2) is 0 Å². The van der Waals surface area contributed by atoms with Gasteiger partial charge in [-0.25, -0.2) is 8.42 Å². The number of hydrogen-bond acceptors (Lipinski definition) is 4. The van der Waals surface area contributed by atoms with Crippen molar-refractivity contribution in [3.05, 3.63) is 29.8 Å². The quantitative estimate of drug-likeness (QED) is 0.834. The van der Waals surface area contributed by atoms with Crippen LogP contribution in [0.25, 0.3) is 0 Å². The molecule has 23 heavy (non-hydrogen) atoms. The maximum absolute atomic E-state index is 12.4. The summed E-state index contributed by atoms with van der Waals surface area (Å²) in [6.45, 7) is 2.14. The number of rotatable bonds is 5. The Morgan fingerprint density at radius 2 is 2.00 bits per heavy atom. The van der Waals surface area contributed by atoms with Gasteiger partial charge < -0.3 is 5.32 Å². The summed E-state index contributed by atoms with van der Waals surface area (Å²) in [6.07, 6.45) is 4.39. The van der Waals surface area contributed by atoms with Crippen LogP contribution in [0.4, 0.5) is 0 Å². The van der Waals surface area contributed by atoms with Crippen molar-refractivity contribution in [1.29, 1.82) is 0 Å². The topological polar surface area (TPSA) is 75.7 Å². The van der Waals surface area contributed by atoms with Gasteiger partial charge >= 0.3 is 0 Å². The summed E-state index contributed by atoms with van der Waals surface area (Å²) in [5, 5.41) is 3.03. The molecule has 1 N–H and O–H groups in total. The standard InChI is InChI=1S/C16H24N2O4S/c1-12-7-4-5-10-15(12)17-16(19)13-8-6-9-14(11-13)23(20,21)18(2)22-3/h6,8-9,11-12,15H,4-5,7,10H2,1-3H3,(H,17,19)/t12-,15-/m1/s1. The first-order valence-electron chi connectivity index (χ1n) is 7.80. The molecule has 0 radical (unpaired) electrons. The van der Waals surface area contributed by atoms with E-state index in [2.05, 4.69) is 12.2 Å². The largest absolute Gasteiger partial charge is 0.349 e. The van der Waals surface area contributed by atoms with Gasteiger partial charge in [0.05, 0.1) is 12.0 Å². The summed E-state index contributed by atoms with van der Waals surface area (Å²) in [5.74, 6) is 0.208. The monoisotopic (exact) mass is 340 g/mol. The zero-order valence-electron chi connectivity index (χ0n) is 13.8. The van der Waals surface area contributed by atoms with Gasteiger partial charge in [0.1, 0.15) is 0 Å². The molecule has 7 heteroatoms. The molecule has 2 atom stereocenters. The van der Waals surface area contributed by atoms with E-state index in [1.807, 2.05) is 0 Å². The normalized spacial score (nSPS) is 22.1. The van der Waals surface area contributed by atoms with Crippen molar-refractivity contribution < 1.29 is 18.0 Å². The minimum atomic E-state index is -3.76. The number of carbonyl (C=O) groups excluding carboxylic acids is 1. The Morgan fingerprint density at radius 3 is 2.65 bits per heavy atom. The number of hydrogen-bond donors (Lipinski definition) is 1. The van der Waals surface area contributed by atoms with Crippen molar-refractivity contribution in [1.82, 2.24) is 9.79 Å². The first-order chi connectivity index (χ1) is 10.9. The predicted molar refractivity (Wildman–Crippen MR) is 87.3 cm³/mol. The molecule has 1 saturated carbocycles. The third kappa shape index (κ3) is 4.10. The highest BCUT2D eigenvalue weighted by atomic mass is 32.2. The highest BCUT2D eigenvalue weighted by Gasteiger charge is 2.25. The lowest BCUT2D eigenvalue weighted by molar-refractivity contribution is -0.0258. The van der Waals surface area contributed by atoms with Crippen molar-refractivity contribution in [2.24, 2.45) is 5.92 Å². The van der Waals surface area contributed by atoms with E-state index in [0.717, 1.165) is 23.7 Å². The average Bonchev–Trinajstić information content (AvgIpc) is 2.56. The second-order valence-electron chi connectivity index (χ2n) is 5.97. The molecule has 1 aliphatic carbocycles. The van der Waals surface area contributed by atoms with Crippen LogP contribution >= 0.6 is 0 Å². The van der Waals surface area contributed by atoms with Crippen LogP contribution in [0.2, 0.25) is 0 Å². The number of sulfonamides is 1. The maximum Gasteiger partial charge on any atom is 0.264 e. The molecule has 0 aliphatic heterocycles. The number of nitrogens with one attached hydrogen (secondary N) is 1. The SMILES string of the molecule is CON(C)S(=O)(=O)c1cccc(C(=O)N[C@@H]2CCCC[C@H]2C)c1. The molecule has 0 heterocycles. The fraction of sp³-hybridized carbons (Fsp3) is 0.562. The van der Waals surface area contributed by atoms with E-state index in [9.17, 15) is 13.2 Å². The van der Waals surface area contributed by atoms with Crippen LogP contribution in [0.5, 0.6) is 0 Å².